The van der Waals surface area contributed by atoms with Crippen molar-refractivity contribution in [3.8, 4) is 0 Å². The number of aromatic nitrogens is 2. The standard InChI is InChI=1S/C15H17N3O2S/c19-13(17-9-4-1-2-5-9)10-8-16-15-18(14(10)20)11-6-3-7-12(11)21-15/h8-9H,1-7H2,(H,17,19). The van der Waals surface area contributed by atoms with Gasteiger partial charge in [0, 0.05) is 22.8 Å². The Morgan fingerprint density at radius 2 is 2.10 bits per heavy atom. The minimum Gasteiger partial charge on any atom is -0.349 e. The summed E-state index contributed by atoms with van der Waals surface area (Å²) in [6.45, 7) is 0. The van der Waals surface area contributed by atoms with Crippen molar-refractivity contribution < 1.29 is 4.79 Å². The Bertz CT molecular complexity index is 771. The second kappa shape index (κ2) is 4.94. The molecule has 2 heterocycles. The molecule has 0 saturated heterocycles. The van der Waals surface area contributed by atoms with E-state index in [1.165, 1.54) is 11.1 Å². The van der Waals surface area contributed by atoms with Crippen molar-refractivity contribution in [2.24, 2.45) is 0 Å². The van der Waals surface area contributed by atoms with E-state index in [0.29, 0.717) is 4.96 Å². The Kier molecular flexibility index (Phi) is 3.06. The molecule has 2 aliphatic rings. The van der Waals surface area contributed by atoms with Gasteiger partial charge in [-0.25, -0.2) is 4.98 Å². The Labute approximate surface area is 126 Å². The molecule has 0 aliphatic heterocycles. The fraction of sp³-hybridized carbons (Fsp3) is 0.533. The number of hydrogen-bond donors (Lipinski definition) is 1. The number of fused-ring (bicyclic) bond motifs is 3. The molecule has 1 N–H and O–H groups in total. The van der Waals surface area contributed by atoms with Gasteiger partial charge in [0.25, 0.3) is 11.5 Å². The summed E-state index contributed by atoms with van der Waals surface area (Å²) >= 11 is 1.57. The SMILES string of the molecule is O=C(NC1CCCC1)c1cnc2sc3c(n2c1=O)CCC3. The molecule has 0 atom stereocenters. The van der Waals surface area contributed by atoms with E-state index < -0.39 is 0 Å². The van der Waals surface area contributed by atoms with Crippen LogP contribution >= 0.6 is 11.3 Å². The highest BCUT2D eigenvalue weighted by Crippen LogP contribution is 2.29. The summed E-state index contributed by atoms with van der Waals surface area (Å²) in [6, 6.07) is 0.214. The number of carbonyl (C=O) groups is 1. The second-order valence-electron chi connectivity index (χ2n) is 5.88. The third kappa shape index (κ3) is 2.09. The molecule has 0 radical (unpaired) electrons. The highest BCUT2D eigenvalue weighted by molar-refractivity contribution is 7.17. The summed E-state index contributed by atoms with van der Waals surface area (Å²) in [4.78, 5) is 31.2. The van der Waals surface area contributed by atoms with Crippen LogP contribution in [-0.4, -0.2) is 21.3 Å². The van der Waals surface area contributed by atoms with Crippen LogP contribution in [-0.2, 0) is 12.8 Å². The molecule has 2 aliphatic carbocycles. The summed E-state index contributed by atoms with van der Waals surface area (Å²) in [7, 11) is 0. The van der Waals surface area contributed by atoms with E-state index in [2.05, 4.69) is 10.3 Å². The minimum absolute atomic E-state index is 0.173. The van der Waals surface area contributed by atoms with Crippen LogP contribution in [0.25, 0.3) is 4.96 Å². The molecule has 110 valence electrons. The molecule has 0 aromatic carbocycles. The Hall–Kier alpha value is -1.69. The van der Waals surface area contributed by atoms with Gasteiger partial charge in [-0.15, -0.1) is 11.3 Å². The third-order valence-electron chi connectivity index (χ3n) is 4.49. The first-order valence-electron chi connectivity index (χ1n) is 7.57. The summed E-state index contributed by atoms with van der Waals surface area (Å²) < 4.78 is 1.65. The van der Waals surface area contributed by atoms with Crippen LogP contribution in [0.2, 0.25) is 0 Å². The third-order valence-corrected chi connectivity index (χ3v) is 5.64. The van der Waals surface area contributed by atoms with Gasteiger partial charge in [0.05, 0.1) is 0 Å². The van der Waals surface area contributed by atoms with E-state index in [9.17, 15) is 9.59 Å². The van der Waals surface area contributed by atoms with Crippen molar-refractivity contribution >= 4 is 22.2 Å². The molecule has 0 bridgehead atoms. The zero-order valence-corrected chi connectivity index (χ0v) is 12.5. The molecule has 0 unspecified atom stereocenters. The van der Waals surface area contributed by atoms with Crippen LogP contribution in [0, 0.1) is 0 Å². The summed E-state index contributed by atoms with van der Waals surface area (Å²) in [6.07, 6.45) is 8.78. The molecule has 2 aromatic rings. The van der Waals surface area contributed by atoms with Crippen LogP contribution in [0.15, 0.2) is 11.0 Å². The van der Waals surface area contributed by atoms with Gasteiger partial charge in [-0.05, 0) is 32.1 Å². The number of nitrogens with zero attached hydrogens (tertiary/aromatic N) is 2. The second-order valence-corrected chi connectivity index (χ2v) is 6.94. The minimum atomic E-state index is -0.272. The fourth-order valence-corrected chi connectivity index (χ4v) is 4.56. The Morgan fingerprint density at radius 1 is 1.29 bits per heavy atom. The lowest BCUT2D eigenvalue weighted by Gasteiger charge is -2.11. The molecule has 4 rings (SSSR count). The lowest BCUT2D eigenvalue weighted by molar-refractivity contribution is 0.0936. The number of carbonyl (C=O) groups excluding carboxylic acids is 1. The van der Waals surface area contributed by atoms with Crippen molar-refractivity contribution in [2.75, 3.05) is 0 Å². The zero-order valence-electron chi connectivity index (χ0n) is 11.7. The molecule has 5 nitrogen and oxygen atoms in total. The van der Waals surface area contributed by atoms with E-state index in [0.717, 1.165) is 50.6 Å². The first kappa shape index (κ1) is 13.0. The molecule has 0 spiro atoms. The van der Waals surface area contributed by atoms with Crippen molar-refractivity contribution in [3.05, 3.63) is 32.7 Å². The van der Waals surface area contributed by atoms with Gasteiger partial charge in [-0.1, -0.05) is 12.8 Å². The van der Waals surface area contributed by atoms with E-state index in [1.807, 2.05) is 0 Å². The Morgan fingerprint density at radius 3 is 2.90 bits per heavy atom. The maximum absolute atomic E-state index is 12.6. The predicted octanol–water partition coefficient (Wildman–Crippen LogP) is 1.92. The fourth-order valence-electron chi connectivity index (χ4n) is 3.40. The van der Waals surface area contributed by atoms with E-state index >= 15 is 0 Å². The maximum Gasteiger partial charge on any atom is 0.271 e. The van der Waals surface area contributed by atoms with Gasteiger partial charge in [-0.3, -0.25) is 14.0 Å². The lowest BCUT2D eigenvalue weighted by atomic mass is 10.2. The maximum atomic E-state index is 12.6. The molecule has 1 saturated carbocycles. The highest BCUT2D eigenvalue weighted by Gasteiger charge is 2.24. The predicted molar refractivity (Wildman–Crippen MR) is 81.1 cm³/mol. The molecule has 2 aromatic heterocycles. The summed E-state index contributed by atoms with van der Waals surface area (Å²) in [5, 5.41) is 2.97. The van der Waals surface area contributed by atoms with Gasteiger partial charge < -0.3 is 5.32 Å². The molecule has 1 fully saturated rings. The first-order valence-corrected chi connectivity index (χ1v) is 8.39. The van der Waals surface area contributed by atoms with Crippen molar-refractivity contribution in [3.63, 3.8) is 0 Å². The van der Waals surface area contributed by atoms with Gasteiger partial charge in [0.2, 0.25) is 0 Å². The summed E-state index contributed by atoms with van der Waals surface area (Å²) in [5.41, 5.74) is 1.02. The highest BCUT2D eigenvalue weighted by atomic mass is 32.1. The number of aryl methyl sites for hydroxylation is 2. The van der Waals surface area contributed by atoms with Crippen LogP contribution in [0.4, 0.5) is 0 Å². The molecule has 6 heteroatoms. The number of hydrogen-bond acceptors (Lipinski definition) is 4. The van der Waals surface area contributed by atoms with E-state index in [1.54, 1.807) is 15.7 Å². The molecule has 21 heavy (non-hydrogen) atoms. The topological polar surface area (TPSA) is 63.5 Å². The number of thiazole rings is 1. The van der Waals surface area contributed by atoms with Gasteiger partial charge in [-0.2, -0.15) is 0 Å². The van der Waals surface area contributed by atoms with Gasteiger partial charge in [0.15, 0.2) is 4.96 Å². The van der Waals surface area contributed by atoms with Gasteiger partial charge >= 0.3 is 0 Å². The van der Waals surface area contributed by atoms with E-state index in [-0.39, 0.29) is 23.1 Å². The van der Waals surface area contributed by atoms with E-state index in [4.69, 9.17) is 0 Å². The monoisotopic (exact) mass is 303 g/mol. The van der Waals surface area contributed by atoms with Crippen LogP contribution in [0.1, 0.15) is 53.0 Å². The summed E-state index contributed by atoms with van der Waals surface area (Å²) in [5.74, 6) is -0.272. The number of nitrogens with one attached hydrogen (secondary N) is 1. The van der Waals surface area contributed by atoms with Gasteiger partial charge in [0.1, 0.15) is 5.56 Å². The number of rotatable bonds is 2. The quantitative estimate of drug-likeness (QED) is 0.922. The molecule has 1 amide bonds. The molecular formula is C15H17N3O2S. The smallest absolute Gasteiger partial charge is 0.271 e. The van der Waals surface area contributed by atoms with Crippen LogP contribution in [0.3, 0.4) is 0 Å². The molecular weight excluding hydrogens is 286 g/mol. The number of amides is 1. The normalized spacial score (nSPS) is 18.3. The largest absolute Gasteiger partial charge is 0.349 e. The van der Waals surface area contributed by atoms with Crippen molar-refractivity contribution in [1.29, 1.82) is 0 Å². The first-order chi connectivity index (χ1) is 10.2. The average molecular weight is 303 g/mol. The zero-order chi connectivity index (χ0) is 14.4. The van der Waals surface area contributed by atoms with Crippen LogP contribution < -0.4 is 10.9 Å². The average Bonchev–Trinajstić information content (AvgIpc) is 3.14. The lowest BCUT2D eigenvalue weighted by Crippen LogP contribution is -2.37. The Balaban J connectivity index is 1.73. The van der Waals surface area contributed by atoms with Crippen molar-refractivity contribution in [2.45, 2.75) is 51.0 Å². The van der Waals surface area contributed by atoms with Crippen molar-refractivity contribution in [1.82, 2.24) is 14.7 Å². The van der Waals surface area contributed by atoms with Crippen LogP contribution in [0.5, 0.6) is 0 Å².